The number of carbonyl (C=O) groups is 1. The third-order valence-corrected chi connectivity index (χ3v) is 6.20. The minimum atomic E-state index is -0.120. The van der Waals surface area contributed by atoms with Crippen LogP contribution >= 0.6 is 35.2 Å². The van der Waals surface area contributed by atoms with Gasteiger partial charge in [-0.25, -0.2) is 4.98 Å². The zero-order valence-electron chi connectivity index (χ0n) is 16.8. The minimum absolute atomic E-state index is 0.120. The van der Waals surface area contributed by atoms with Gasteiger partial charge in [-0.05, 0) is 36.8 Å². The molecule has 0 aliphatic heterocycles. The average molecular weight is 470 g/mol. The first kappa shape index (κ1) is 21.4. The number of aryl methyl sites for hydroxylation is 1. The van der Waals surface area contributed by atoms with E-state index in [1.54, 1.807) is 6.20 Å². The number of nitrogens with one attached hydrogen (secondary N) is 2. The molecule has 2 aromatic heterocycles. The molecule has 0 aliphatic rings. The van der Waals surface area contributed by atoms with Crippen molar-refractivity contribution in [3.05, 3.63) is 80.5 Å². The molecule has 0 saturated carbocycles. The van der Waals surface area contributed by atoms with E-state index in [1.165, 1.54) is 16.9 Å². The summed E-state index contributed by atoms with van der Waals surface area (Å²) in [7, 11) is 0. The molecule has 6 nitrogen and oxygen atoms in total. The zero-order valence-corrected chi connectivity index (χ0v) is 19.2. The topological polar surface area (TPSA) is 75.6 Å². The molecule has 4 rings (SSSR count). The van der Waals surface area contributed by atoms with Crippen LogP contribution in [0, 0.1) is 11.7 Å². The predicted octanol–water partition coefficient (Wildman–Crippen LogP) is 5.65. The number of aromatic nitrogens is 4. The standard InChI is InChI=1S/C22H20ClN5OS2/c1-14-2-6-16(7-3-14)20-26-27-22(30)28(20)11-10-19(29)25-21-24-13-18(31-21)12-15-4-8-17(23)9-5-15/h2-9,13H,10-12H2,1H3,(H,27,30)(H,24,25,29). The summed E-state index contributed by atoms with van der Waals surface area (Å²) in [4.78, 5) is 17.9. The van der Waals surface area contributed by atoms with Crippen LogP contribution in [-0.2, 0) is 17.8 Å². The molecule has 31 heavy (non-hydrogen) atoms. The van der Waals surface area contributed by atoms with E-state index < -0.39 is 0 Å². The molecule has 4 aromatic rings. The van der Waals surface area contributed by atoms with Gasteiger partial charge in [-0.2, -0.15) is 5.10 Å². The van der Waals surface area contributed by atoms with Crippen LogP contribution in [0.3, 0.4) is 0 Å². The number of nitrogens with zero attached hydrogens (tertiary/aromatic N) is 3. The molecule has 0 fully saturated rings. The van der Waals surface area contributed by atoms with Gasteiger partial charge in [0.2, 0.25) is 5.91 Å². The molecule has 0 bridgehead atoms. The summed E-state index contributed by atoms with van der Waals surface area (Å²) in [6.07, 6.45) is 2.80. The molecule has 0 unspecified atom stereocenters. The van der Waals surface area contributed by atoms with Gasteiger partial charge in [0.25, 0.3) is 0 Å². The Morgan fingerprint density at radius 1 is 1.19 bits per heavy atom. The normalized spacial score (nSPS) is 10.9. The van der Waals surface area contributed by atoms with Gasteiger partial charge in [0.05, 0.1) is 0 Å². The number of aromatic amines is 1. The van der Waals surface area contributed by atoms with Gasteiger partial charge >= 0.3 is 0 Å². The quantitative estimate of drug-likeness (QED) is 0.343. The van der Waals surface area contributed by atoms with Crippen LogP contribution in [0.25, 0.3) is 11.4 Å². The summed E-state index contributed by atoms with van der Waals surface area (Å²) in [6.45, 7) is 2.46. The van der Waals surface area contributed by atoms with Gasteiger partial charge in [-0.15, -0.1) is 11.3 Å². The molecule has 2 aromatic carbocycles. The van der Waals surface area contributed by atoms with E-state index in [1.807, 2.05) is 60.0 Å². The van der Waals surface area contributed by atoms with Gasteiger partial charge in [0.15, 0.2) is 15.7 Å². The third kappa shape index (κ3) is 5.46. The molecular formula is C22H20ClN5OS2. The number of hydrogen-bond donors (Lipinski definition) is 2. The first-order valence-corrected chi connectivity index (χ1v) is 11.3. The maximum atomic E-state index is 12.5. The number of rotatable bonds is 7. The second-order valence-corrected chi connectivity index (χ2v) is 9.04. The van der Waals surface area contributed by atoms with E-state index in [4.69, 9.17) is 23.8 Å². The van der Waals surface area contributed by atoms with Gasteiger partial charge in [-0.1, -0.05) is 53.6 Å². The summed E-state index contributed by atoms with van der Waals surface area (Å²) in [5, 5.41) is 11.3. The van der Waals surface area contributed by atoms with Crippen LogP contribution in [0.4, 0.5) is 5.13 Å². The summed E-state index contributed by atoms with van der Waals surface area (Å²) >= 11 is 12.7. The highest BCUT2D eigenvalue weighted by atomic mass is 35.5. The summed E-state index contributed by atoms with van der Waals surface area (Å²) < 4.78 is 2.33. The lowest BCUT2D eigenvalue weighted by Gasteiger charge is -2.07. The highest BCUT2D eigenvalue weighted by Crippen LogP contribution is 2.23. The van der Waals surface area contributed by atoms with E-state index in [-0.39, 0.29) is 12.3 Å². The Hall–Kier alpha value is -2.81. The molecule has 0 spiro atoms. The van der Waals surface area contributed by atoms with E-state index in [0.29, 0.717) is 21.5 Å². The maximum Gasteiger partial charge on any atom is 0.227 e. The molecular weight excluding hydrogens is 450 g/mol. The second kappa shape index (κ2) is 9.55. The fraction of sp³-hybridized carbons (Fsp3) is 0.182. The van der Waals surface area contributed by atoms with E-state index in [0.717, 1.165) is 28.2 Å². The molecule has 2 heterocycles. The van der Waals surface area contributed by atoms with E-state index in [9.17, 15) is 4.79 Å². The minimum Gasteiger partial charge on any atom is -0.302 e. The van der Waals surface area contributed by atoms with Crippen molar-refractivity contribution >= 4 is 46.2 Å². The van der Waals surface area contributed by atoms with E-state index >= 15 is 0 Å². The Kier molecular flexibility index (Phi) is 6.60. The number of hydrogen-bond acceptors (Lipinski definition) is 5. The molecule has 2 N–H and O–H groups in total. The molecule has 158 valence electrons. The van der Waals surface area contributed by atoms with Gasteiger partial charge in [0.1, 0.15) is 0 Å². The Morgan fingerprint density at radius 2 is 1.94 bits per heavy atom. The van der Waals surface area contributed by atoms with Crippen LogP contribution in [0.5, 0.6) is 0 Å². The first-order valence-electron chi connectivity index (χ1n) is 9.69. The number of thiazole rings is 1. The molecule has 0 aliphatic carbocycles. The van der Waals surface area contributed by atoms with Crippen molar-refractivity contribution in [1.82, 2.24) is 19.7 Å². The monoisotopic (exact) mass is 469 g/mol. The number of anilines is 1. The molecule has 1 amide bonds. The van der Waals surface area contributed by atoms with Crippen molar-refractivity contribution in [3.63, 3.8) is 0 Å². The van der Waals surface area contributed by atoms with Crippen LogP contribution < -0.4 is 5.32 Å². The van der Waals surface area contributed by atoms with Crippen LogP contribution in [0.1, 0.15) is 22.4 Å². The summed E-state index contributed by atoms with van der Waals surface area (Å²) in [6, 6.07) is 15.7. The fourth-order valence-corrected chi connectivity index (χ4v) is 4.31. The third-order valence-electron chi connectivity index (χ3n) is 4.72. The Labute approximate surface area is 193 Å². The molecule has 0 radical (unpaired) electrons. The predicted molar refractivity (Wildman–Crippen MR) is 127 cm³/mol. The van der Waals surface area contributed by atoms with Crippen molar-refractivity contribution in [3.8, 4) is 11.4 Å². The lowest BCUT2D eigenvalue weighted by Crippen LogP contribution is -2.15. The molecule has 9 heteroatoms. The van der Waals surface area contributed by atoms with E-state index in [2.05, 4.69) is 20.5 Å². The number of H-pyrrole nitrogens is 1. The number of halogens is 1. The summed E-state index contributed by atoms with van der Waals surface area (Å²) in [5.74, 6) is 0.600. The lowest BCUT2D eigenvalue weighted by atomic mass is 10.1. The highest BCUT2D eigenvalue weighted by Gasteiger charge is 2.12. The lowest BCUT2D eigenvalue weighted by molar-refractivity contribution is -0.116. The fourth-order valence-electron chi connectivity index (χ4n) is 3.09. The molecule has 0 saturated heterocycles. The largest absolute Gasteiger partial charge is 0.302 e. The number of carbonyl (C=O) groups excluding carboxylic acids is 1. The average Bonchev–Trinajstić information content (AvgIpc) is 3.35. The second-order valence-electron chi connectivity index (χ2n) is 7.10. The van der Waals surface area contributed by atoms with Crippen LogP contribution in [0.15, 0.2) is 54.7 Å². The van der Waals surface area contributed by atoms with Gasteiger partial charge in [0, 0.05) is 41.0 Å². The molecule has 0 atom stereocenters. The van der Waals surface area contributed by atoms with Crippen LogP contribution in [-0.4, -0.2) is 25.7 Å². The van der Waals surface area contributed by atoms with Crippen molar-refractivity contribution in [2.24, 2.45) is 0 Å². The van der Waals surface area contributed by atoms with Crippen molar-refractivity contribution in [2.45, 2.75) is 26.3 Å². The van der Waals surface area contributed by atoms with Crippen LogP contribution in [0.2, 0.25) is 5.02 Å². The van der Waals surface area contributed by atoms with Gasteiger partial charge < -0.3 is 5.32 Å². The number of amides is 1. The number of benzene rings is 2. The Morgan fingerprint density at radius 3 is 2.68 bits per heavy atom. The maximum absolute atomic E-state index is 12.5. The SMILES string of the molecule is Cc1ccc(-c2n[nH]c(=S)n2CCC(=O)Nc2ncc(Cc3ccc(Cl)cc3)s2)cc1. The highest BCUT2D eigenvalue weighted by molar-refractivity contribution is 7.71. The van der Waals surface area contributed by atoms with Gasteiger partial charge in [-0.3, -0.25) is 14.5 Å². The van der Waals surface area contributed by atoms with Crippen molar-refractivity contribution in [1.29, 1.82) is 0 Å². The Bertz CT molecular complexity index is 1240. The zero-order chi connectivity index (χ0) is 21.8. The smallest absolute Gasteiger partial charge is 0.227 e. The van der Waals surface area contributed by atoms with Crippen molar-refractivity contribution < 1.29 is 4.79 Å². The Balaban J connectivity index is 1.37. The van der Waals surface area contributed by atoms with Crippen molar-refractivity contribution in [2.75, 3.05) is 5.32 Å². The summed E-state index contributed by atoms with van der Waals surface area (Å²) in [5.41, 5.74) is 3.26. The first-order chi connectivity index (χ1) is 15.0.